The molecule has 0 bridgehead atoms. The van der Waals surface area contributed by atoms with Crippen molar-refractivity contribution in [3.63, 3.8) is 0 Å². The first-order chi connectivity index (χ1) is 5.79. The van der Waals surface area contributed by atoms with E-state index in [1.165, 1.54) is 0 Å². The van der Waals surface area contributed by atoms with Crippen molar-refractivity contribution in [1.29, 1.82) is 0 Å². The van der Waals surface area contributed by atoms with Crippen LogP contribution in [0.4, 0.5) is 0 Å². The monoisotopic (exact) mass is 226 g/mol. The molecular formula is C9H7BrO2. The minimum Gasteiger partial charge on any atom is -0.497 e. The van der Waals surface area contributed by atoms with Crippen LogP contribution in [0.25, 0.3) is 11.0 Å². The summed E-state index contributed by atoms with van der Waals surface area (Å²) in [5.41, 5.74) is 0.864. The van der Waals surface area contributed by atoms with Crippen molar-refractivity contribution in [3.05, 3.63) is 28.9 Å². The molecule has 12 heavy (non-hydrogen) atoms. The second-order valence-electron chi connectivity index (χ2n) is 2.45. The van der Waals surface area contributed by atoms with E-state index in [4.69, 9.17) is 9.15 Å². The van der Waals surface area contributed by atoms with Crippen LogP contribution in [0, 0.1) is 0 Å². The summed E-state index contributed by atoms with van der Waals surface area (Å²) in [7, 11) is 1.65. The van der Waals surface area contributed by atoms with E-state index < -0.39 is 0 Å². The molecule has 0 fully saturated rings. The molecule has 0 atom stereocenters. The van der Waals surface area contributed by atoms with Gasteiger partial charge in [-0.2, -0.15) is 0 Å². The molecule has 0 aliphatic carbocycles. The molecule has 0 unspecified atom stereocenters. The van der Waals surface area contributed by atoms with Crippen LogP contribution in [-0.4, -0.2) is 7.11 Å². The zero-order valence-electron chi connectivity index (χ0n) is 6.50. The molecule has 0 amide bonds. The SMILES string of the molecule is COc1ccc2oc(Br)cc2c1. The highest BCUT2D eigenvalue weighted by Crippen LogP contribution is 2.26. The number of hydrogen-bond donors (Lipinski definition) is 0. The lowest BCUT2D eigenvalue weighted by Crippen LogP contribution is -1.79. The molecule has 0 N–H and O–H groups in total. The van der Waals surface area contributed by atoms with Gasteiger partial charge in [0.2, 0.25) is 0 Å². The lowest BCUT2D eigenvalue weighted by atomic mass is 10.2. The number of hydrogen-bond acceptors (Lipinski definition) is 2. The summed E-state index contributed by atoms with van der Waals surface area (Å²) < 4.78 is 11.1. The van der Waals surface area contributed by atoms with Gasteiger partial charge in [0.25, 0.3) is 0 Å². The first-order valence-corrected chi connectivity index (χ1v) is 4.32. The van der Waals surface area contributed by atoms with Gasteiger partial charge in [-0.1, -0.05) is 0 Å². The number of halogens is 1. The molecule has 2 aromatic rings. The summed E-state index contributed by atoms with van der Waals surface area (Å²) >= 11 is 3.26. The van der Waals surface area contributed by atoms with Gasteiger partial charge in [0.15, 0.2) is 4.67 Å². The Hall–Kier alpha value is -0.960. The molecule has 62 valence electrons. The predicted molar refractivity (Wildman–Crippen MR) is 50.5 cm³/mol. The van der Waals surface area contributed by atoms with E-state index in [1.807, 2.05) is 24.3 Å². The summed E-state index contributed by atoms with van der Waals surface area (Å²) in [6, 6.07) is 7.61. The Morgan fingerprint density at radius 2 is 2.17 bits per heavy atom. The van der Waals surface area contributed by atoms with E-state index in [-0.39, 0.29) is 0 Å². The highest BCUT2D eigenvalue weighted by atomic mass is 79.9. The molecule has 2 rings (SSSR count). The maximum absolute atomic E-state index is 5.33. The van der Waals surface area contributed by atoms with Gasteiger partial charge in [0, 0.05) is 5.39 Å². The quantitative estimate of drug-likeness (QED) is 0.746. The molecule has 0 aliphatic heterocycles. The number of benzene rings is 1. The molecule has 2 nitrogen and oxygen atoms in total. The second kappa shape index (κ2) is 2.83. The Labute approximate surface area is 78.3 Å². The van der Waals surface area contributed by atoms with E-state index in [2.05, 4.69) is 15.9 Å². The first kappa shape index (κ1) is 7.68. The van der Waals surface area contributed by atoms with Gasteiger partial charge in [-0.15, -0.1) is 0 Å². The van der Waals surface area contributed by atoms with Crippen LogP contribution in [0.5, 0.6) is 5.75 Å². The van der Waals surface area contributed by atoms with Crippen molar-refractivity contribution in [2.75, 3.05) is 7.11 Å². The molecule has 1 aromatic heterocycles. The zero-order chi connectivity index (χ0) is 8.55. The number of ether oxygens (including phenoxy) is 1. The average molecular weight is 227 g/mol. The van der Waals surface area contributed by atoms with Gasteiger partial charge in [-0.25, -0.2) is 0 Å². The molecule has 0 radical (unpaired) electrons. The number of fused-ring (bicyclic) bond motifs is 1. The minimum absolute atomic E-state index is 0.741. The van der Waals surface area contributed by atoms with Gasteiger partial charge in [-0.3, -0.25) is 0 Å². The average Bonchev–Trinajstić information content (AvgIpc) is 2.43. The van der Waals surface area contributed by atoms with Gasteiger partial charge in [-0.05, 0) is 40.2 Å². The van der Waals surface area contributed by atoms with Crippen LogP contribution < -0.4 is 4.74 Å². The summed E-state index contributed by atoms with van der Waals surface area (Å²) in [6.07, 6.45) is 0. The molecule has 0 saturated carbocycles. The third-order valence-corrected chi connectivity index (χ3v) is 2.08. The van der Waals surface area contributed by atoms with Gasteiger partial charge in [0.05, 0.1) is 7.11 Å². The Morgan fingerprint density at radius 1 is 1.33 bits per heavy atom. The lowest BCUT2D eigenvalue weighted by Gasteiger charge is -1.96. The molecule has 1 heterocycles. The second-order valence-corrected chi connectivity index (χ2v) is 3.24. The van der Waals surface area contributed by atoms with Crippen molar-refractivity contribution >= 4 is 26.9 Å². The fourth-order valence-electron chi connectivity index (χ4n) is 1.12. The molecule has 1 aromatic carbocycles. The molecule has 0 saturated heterocycles. The largest absolute Gasteiger partial charge is 0.497 e. The van der Waals surface area contributed by atoms with Crippen LogP contribution in [0.3, 0.4) is 0 Å². The topological polar surface area (TPSA) is 22.4 Å². The Kier molecular flexibility index (Phi) is 1.81. The van der Waals surface area contributed by atoms with E-state index >= 15 is 0 Å². The first-order valence-electron chi connectivity index (χ1n) is 3.52. The minimum atomic E-state index is 0.741. The van der Waals surface area contributed by atoms with Gasteiger partial charge in [0.1, 0.15) is 11.3 Å². The number of furan rings is 1. The van der Waals surface area contributed by atoms with E-state index in [9.17, 15) is 0 Å². The summed E-state index contributed by atoms with van der Waals surface area (Å²) in [4.78, 5) is 0. The van der Waals surface area contributed by atoms with Crippen molar-refractivity contribution in [1.82, 2.24) is 0 Å². The van der Waals surface area contributed by atoms with E-state index in [0.29, 0.717) is 0 Å². The van der Waals surface area contributed by atoms with Crippen molar-refractivity contribution in [3.8, 4) is 5.75 Å². The van der Waals surface area contributed by atoms with Crippen LogP contribution in [-0.2, 0) is 0 Å². The fourth-order valence-corrected chi connectivity index (χ4v) is 1.54. The highest BCUT2D eigenvalue weighted by molar-refractivity contribution is 9.10. The normalized spacial score (nSPS) is 10.5. The molecule has 0 spiro atoms. The molecule has 3 heteroatoms. The summed E-state index contributed by atoms with van der Waals surface area (Å²) in [5.74, 6) is 0.843. The van der Waals surface area contributed by atoms with Crippen molar-refractivity contribution in [2.45, 2.75) is 0 Å². The zero-order valence-corrected chi connectivity index (χ0v) is 8.09. The van der Waals surface area contributed by atoms with E-state index in [1.54, 1.807) is 7.11 Å². The highest BCUT2D eigenvalue weighted by Gasteiger charge is 2.01. The predicted octanol–water partition coefficient (Wildman–Crippen LogP) is 3.20. The smallest absolute Gasteiger partial charge is 0.170 e. The summed E-state index contributed by atoms with van der Waals surface area (Å²) in [5, 5.41) is 1.04. The van der Waals surface area contributed by atoms with Crippen LogP contribution in [0.2, 0.25) is 0 Å². The van der Waals surface area contributed by atoms with E-state index in [0.717, 1.165) is 21.4 Å². The van der Waals surface area contributed by atoms with Crippen LogP contribution in [0.1, 0.15) is 0 Å². The molecular weight excluding hydrogens is 220 g/mol. The Bertz CT molecular complexity index is 406. The van der Waals surface area contributed by atoms with Crippen molar-refractivity contribution < 1.29 is 9.15 Å². The lowest BCUT2D eigenvalue weighted by molar-refractivity contribution is 0.415. The number of rotatable bonds is 1. The third kappa shape index (κ3) is 1.20. The van der Waals surface area contributed by atoms with Crippen LogP contribution in [0.15, 0.2) is 33.4 Å². The molecule has 0 aliphatic rings. The fraction of sp³-hybridized carbons (Fsp3) is 0.111. The third-order valence-electron chi connectivity index (χ3n) is 1.69. The standard InChI is InChI=1S/C9H7BrO2/c1-11-7-2-3-8-6(4-7)5-9(10)12-8/h2-5H,1H3. The van der Waals surface area contributed by atoms with Crippen LogP contribution >= 0.6 is 15.9 Å². The van der Waals surface area contributed by atoms with Gasteiger partial charge >= 0.3 is 0 Å². The Morgan fingerprint density at radius 3 is 2.92 bits per heavy atom. The van der Waals surface area contributed by atoms with Gasteiger partial charge < -0.3 is 9.15 Å². The van der Waals surface area contributed by atoms with Crippen molar-refractivity contribution in [2.24, 2.45) is 0 Å². The maximum atomic E-state index is 5.33. The Balaban J connectivity index is 2.66. The number of methoxy groups -OCH3 is 1. The summed E-state index contributed by atoms with van der Waals surface area (Å²) in [6.45, 7) is 0. The maximum Gasteiger partial charge on any atom is 0.170 e.